The molecular weight excluding hydrogens is 748 g/mol. The Bertz CT molecular complexity index is 1540. The third kappa shape index (κ3) is 5.69. The maximum Gasteiger partial charge on any atom is 0.457 e. The van der Waals surface area contributed by atoms with E-state index < -0.39 is 68.5 Å². The van der Waals surface area contributed by atoms with Crippen molar-refractivity contribution in [3.63, 3.8) is 0 Å². The highest BCUT2D eigenvalue weighted by atomic mass is 79.9. The Morgan fingerprint density at radius 2 is 1.43 bits per heavy atom. The van der Waals surface area contributed by atoms with E-state index in [9.17, 15) is 49.1 Å². The standard InChI is InChI=1S/C24H12Br2ClF10N3O2/c1-39(19(41)13-5-3-9-38-18(13)27)16-6-2-4-12(17(16)28)20(42)40(26)15-8-7-11(10-14(15)25)21(29,23(32,33)34)22(30,31)24(35,36)37/h2-10H,1H3. The molecule has 0 aliphatic heterocycles. The quantitative estimate of drug-likeness (QED) is 0.144. The van der Waals surface area contributed by atoms with Gasteiger partial charge < -0.3 is 4.90 Å². The summed E-state index contributed by atoms with van der Waals surface area (Å²) in [7, 11) is 1.15. The molecular formula is C24H12Br2ClF10N3O2. The fourth-order valence-corrected chi connectivity index (χ4v) is 5.09. The van der Waals surface area contributed by atoms with Crippen LogP contribution in [0.5, 0.6) is 0 Å². The summed E-state index contributed by atoms with van der Waals surface area (Å²) in [6.45, 7) is 0. The first kappa shape index (κ1) is 33.6. The van der Waals surface area contributed by atoms with Gasteiger partial charge in [0.25, 0.3) is 11.8 Å². The summed E-state index contributed by atoms with van der Waals surface area (Å²) in [6.07, 6.45) is -12.4. The van der Waals surface area contributed by atoms with E-state index in [1.54, 1.807) is 0 Å². The highest BCUT2D eigenvalue weighted by Gasteiger charge is 2.81. The van der Waals surface area contributed by atoms with Gasteiger partial charge in [0.05, 0.1) is 38.6 Å². The van der Waals surface area contributed by atoms with Gasteiger partial charge in [0.15, 0.2) is 5.82 Å². The molecule has 1 heterocycles. The van der Waals surface area contributed by atoms with Gasteiger partial charge in [0.1, 0.15) is 5.15 Å². The molecule has 0 bridgehead atoms. The smallest absolute Gasteiger partial charge is 0.309 e. The summed E-state index contributed by atoms with van der Waals surface area (Å²) in [5.41, 5.74) is -10.2. The number of anilines is 2. The lowest BCUT2D eigenvalue weighted by molar-refractivity contribution is -0.389. The summed E-state index contributed by atoms with van der Waals surface area (Å²) in [5, 5.41) is -0.197. The number of benzene rings is 2. The summed E-state index contributed by atoms with van der Waals surface area (Å²) in [6, 6.07) is 6.29. The first-order valence-corrected chi connectivity index (χ1v) is 12.7. The van der Waals surface area contributed by atoms with E-state index in [0.29, 0.717) is 9.99 Å². The van der Waals surface area contributed by atoms with Crippen LogP contribution < -0.4 is 8.83 Å². The molecule has 2 amide bonds. The summed E-state index contributed by atoms with van der Waals surface area (Å²) in [4.78, 5) is 30.4. The Morgan fingerprint density at radius 1 is 0.833 bits per heavy atom. The second-order valence-corrected chi connectivity index (χ2v) is 10.2. The van der Waals surface area contributed by atoms with Crippen LogP contribution in [0.4, 0.5) is 55.3 Å². The molecule has 0 N–H and O–H groups in total. The molecule has 0 saturated heterocycles. The van der Waals surface area contributed by atoms with Crippen LogP contribution in [0.2, 0.25) is 5.15 Å². The van der Waals surface area contributed by atoms with Crippen LogP contribution in [-0.2, 0) is 5.67 Å². The summed E-state index contributed by atoms with van der Waals surface area (Å²) >= 11 is 11.3. The minimum atomic E-state index is -6.93. The van der Waals surface area contributed by atoms with Gasteiger partial charge in [-0.2, -0.15) is 35.1 Å². The monoisotopic (exact) mass is 757 g/mol. The van der Waals surface area contributed by atoms with Crippen molar-refractivity contribution in [3.05, 3.63) is 86.9 Å². The zero-order valence-electron chi connectivity index (χ0n) is 20.3. The third-order valence-electron chi connectivity index (χ3n) is 5.78. The van der Waals surface area contributed by atoms with Crippen LogP contribution in [0.3, 0.4) is 0 Å². The molecule has 1 atom stereocenters. The molecule has 18 heteroatoms. The maximum atomic E-state index is 15.4. The third-order valence-corrected chi connectivity index (χ3v) is 7.42. The number of aromatic nitrogens is 1. The van der Waals surface area contributed by atoms with Crippen molar-refractivity contribution in [2.24, 2.45) is 0 Å². The number of rotatable bonds is 6. The average molecular weight is 760 g/mol. The van der Waals surface area contributed by atoms with Crippen LogP contribution in [0.15, 0.2) is 59.2 Å². The largest absolute Gasteiger partial charge is 0.457 e. The molecule has 0 spiro atoms. The molecule has 0 saturated carbocycles. The molecule has 226 valence electrons. The molecule has 0 fully saturated rings. The molecule has 0 aliphatic carbocycles. The SMILES string of the molecule is CN(C(=O)c1cccnc1Cl)c1cccc(C(=O)N(Br)c2ccc(C(F)(C(F)(F)F)C(F)(F)C(F)(F)F)cc2Br)c1F. The van der Waals surface area contributed by atoms with Crippen molar-refractivity contribution in [3.8, 4) is 0 Å². The van der Waals surface area contributed by atoms with Crippen molar-refractivity contribution < 1.29 is 53.5 Å². The van der Waals surface area contributed by atoms with E-state index in [1.807, 2.05) is 0 Å². The number of halogens is 13. The minimum Gasteiger partial charge on any atom is -0.309 e. The molecule has 0 aliphatic rings. The van der Waals surface area contributed by atoms with Crippen molar-refractivity contribution in [2.75, 3.05) is 15.9 Å². The number of carbonyl (C=O) groups is 2. The topological polar surface area (TPSA) is 53.5 Å². The first-order valence-electron chi connectivity index (χ1n) is 10.9. The molecule has 0 radical (unpaired) electrons. The van der Waals surface area contributed by atoms with Crippen molar-refractivity contribution >= 4 is 66.9 Å². The number of amides is 2. The van der Waals surface area contributed by atoms with Crippen LogP contribution in [0, 0.1) is 5.82 Å². The highest BCUT2D eigenvalue weighted by Crippen LogP contribution is 2.58. The lowest BCUT2D eigenvalue weighted by atomic mass is 9.87. The number of hydrogen-bond acceptors (Lipinski definition) is 3. The predicted octanol–water partition coefficient (Wildman–Crippen LogP) is 8.79. The van der Waals surface area contributed by atoms with Gasteiger partial charge in [-0.15, -0.1) is 0 Å². The summed E-state index contributed by atoms with van der Waals surface area (Å²) < 4.78 is 136. The second kappa shape index (κ2) is 11.6. The molecule has 3 rings (SSSR count). The Hall–Kier alpha value is -2.92. The lowest BCUT2D eigenvalue weighted by Gasteiger charge is -2.36. The average Bonchev–Trinajstić information content (AvgIpc) is 2.90. The fourth-order valence-electron chi connectivity index (χ4n) is 3.59. The van der Waals surface area contributed by atoms with E-state index in [-0.39, 0.29) is 22.8 Å². The minimum absolute atomic E-state index is 0.0269. The summed E-state index contributed by atoms with van der Waals surface area (Å²) in [5.74, 6) is -10.3. The number of carbonyl (C=O) groups excluding carboxylic acids is 2. The van der Waals surface area contributed by atoms with E-state index in [1.165, 1.54) is 24.4 Å². The number of hydrogen-bond donors (Lipinski definition) is 0. The normalized spacial score (nSPS) is 13.9. The zero-order valence-corrected chi connectivity index (χ0v) is 24.2. The molecule has 5 nitrogen and oxygen atoms in total. The van der Waals surface area contributed by atoms with Gasteiger partial charge in [-0.05, 0) is 52.3 Å². The van der Waals surface area contributed by atoms with E-state index in [0.717, 1.165) is 24.1 Å². The van der Waals surface area contributed by atoms with Crippen molar-refractivity contribution in [2.45, 2.75) is 23.9 Å². The number of pyridine rings is 1. The van der Waals surface area contributed by atoms with Crippen LogP contribution in [0.25, 0.3) is 0 Å². The van der Waals surface area contributed by atoms with Gasteiger partial charge in [-0.1, -0.05) is 23.7 Å². The Morgan fingerprint density at radius 3 is 1.95 bits per heavy atom. The predicted molar refractivity (Wildman–Crippen MR) is 138 cm³/mol. The van der Waals surface area contributed by atoms with Crippen LogP contribution in [0.1, 0.15) is 26.3 Å². The van der Waals surface area contributed by atoms with Crippen LogP contribution >= 0.6 is 43.7 Å². The van der Waals surface area contributed by atoms with E-state index in [2.05, 4.69) is 37.1 Å². The van der Waals surface area contributed by atoms with E-state index in [4.69, 9.17) is 11.6 Å². The van der Waals surface area contributed by atoms with Gasteiger partial charge >= 0.3 is 23.9 Å². The highest BCUT2D eigenvalue weighted by molar-refractivity contribution is 9.11. The molecule has 42 heavy (non-hydrogen) atoms. The zero-order chi connectivity index (χ0) is 32.0. The van der Waals surface area contributed by atoms with Gasteiger partial charge in [-0.3, -0.25) is 9.59 Å². The number of alkyl halides is 9. The maximum absolute atomic E-state index is 15.4. The van der Waals surface area contributed by atoms with Gasteiger partial charge in [0, 0.05) is 23.3 Å². The van der Waals surface area contributed by atoms with Gasteiger partial charge in [-0.25, -0.2) is 17.7 Å². The van der Waals surface area contributed by atoms with Crippen molar-refractivity contribution in [1.29, 1.82) is 0 Å². The second-order valence-electron chi connectivity index (χ2n) is 8.33. The van der Waals surface area contributed by atoms with Gasteiger partial charge in [0.2, 0.25) is 0 Å². The Kier molecular flexibility index (Phi) is 9.30. The van der Waals surface area contributed by atoms with E-state index >= 15 is 4.39 Å². The molecule has 2 aromatic carbocycles. The Balaban J connectivity index is 2.01. The first-order chi connectivity index (χ1) is 19.2. The number of nitrogens with zero attached hydrogens (tertiary/aromatic N) is 3. The van der Waals surface area contributed by atoms with Crippen LogP contribution in [-0.4, -0.2) is 42.1 Å². The Labute approximate surface area is 251 Å². The molecule has 1 aromatic heterocycles. The lowest BCUT2D eigenvalue weighted by Crippen LogP contribution is -2.59. The van der Waals surface area contributed by atoms with Crippen molar-refractivity contribution in [1.82, 2.24) is 4.98 Å². The molecule has 3 aromatic rings. The molecule has 1 unspecified atom stereocenters. The fraction of sp³-hybridized carbons (Fsp3) is 0.208.